The van der Waals surface area contributed by atoms with Crippen molar-refractivity contribution < 1.29 is 23.8 Å². The fraction of sp³-hybridized carbons (Fsp3) is 0.214. The number of nitrogens with one attached hydrogen (secondary N) is 1. The van der Waals surface area contributed by atoms with E-state index in [2.05, 4.69) is 4.98 Å². The summed E-state index contributed by atoms with van der Waals surface area (Å²) in [7, 11) is 2.98. The normalized spacial score (nSPS) is 10.1. The maximum Gasteiger partial charge on any atom is 0.420 e. The molecule has 1 aromatic carbocycles. The Bertz CT molecular complexity index is 717. The first-order valence-corrected chi connectivity index (χ1v) is 6.31. The first-order valence-electron chi connectivity index (χ1n) is 6.31. The molecule has 0 unspecified atom stereocenters. The van der Waals surface area contributed by atoms with Gasteiger partial charge in [0.2, 0.25) is 5.91 Å². The van der Waals surface area contributed by atoms with E-state index >= 15 is 0 Å². The van der Waals surface area contributed by atoms with Crippen LogP contribution in [0.25, 0.3) is 10.8 Å². The number of carbonyl (C=O) groups is 2. The Balaban J connectivity index is 2.34. The number of pyridine rings is 1. The third-order valence-electron chi connectivity index (χ3n) is 2.84. The van der Waals surface area contributed by atoms with Crippen molar-refractivity contribution >= 4 is 22.8 Å². The van der Waals surface area contributed by atoms with Gasteiger partial charge in [0.15, 0.2) is 5.75 Å². The van der Waals surface area contributed by atoms with E-state index in [0.717, 1.165) is 5.39 Å². The molecule has 2 amide bonds. The van der Waals surface area contributed by atoms with E-state index in [1.807, 2.05) is 5.32 Å². The number of aromatic nitrogens is 1. The molecule has 0 radical (unpaired) electrons. The van der Waals surface area contributed by atoms with Gasteiger partial charge < -0.3 is 19.9 Å². The van der Waals surface area contributed by atoms with Gasteiger partial charge in [0, 0.05) is 17.0 Å². The minimum Gasteiger partial charge on any atom is -0.497 e. The van der Waals surface area contributed by atoms with Crippen molar-refractivity contribution in [2.75, 3.05) is 20.8 Å². The summed E-state index contributed by atoms with van der Waals surface area (Å²) in [6.45, 7) is -0.322. The zero-order valence-corrected chi connectivity index (χ0v) is 12.1. The number of carbonyl (C=O) groups excluding carboxylic acids is 2. The van der Waals surface area contributed by atoms with Crippen LogP contribution in [-0.2, 0) is 4.79 Å². The van der Waals surface area contributed by atoms with Crippen molar-refractivity contribution in [2.24, 2.45) is 5.73 Å². The number of imide groups is 1. The molecule has 8 nitrogen and oxygen atoms in total. The molecule has 0 aliphatic heterocycles. The zero-order valence-electron chi connectivity index (χ0n) is 12.1. The quantitative estimate of drug-likeness (QED) is 0.860. The largest absolute Gasteiger partial charge is 0.497 e. The molecule has 1 aromatic heterocycles. The highest BCUT2D eigenvalue weighted by molar-refractivity contribution is 5.95. The number of benzene rings is 1. The van der Waals surface area contributed by atoms with Gasteiger partial charge in [-0.1, -0.05) is 0 Å². The topological polar surface area (TPSA) is 113 Å². The fourth-order valence-corrected chi connectivity index (χ4v) is 1.83. The number of methoxy groups -OCH3 is 2. The highest BCUT2D eigenvalue weighted by Crippen LogP contribution is 2.34. The maximum atomic E-state index is 11.6. The summed E-state index contributed by atoms with van der Waals surface area (Å²) >= 11 is 0. The summed E-state index contributed by atoms with van der Waals surface area (Å²) in [5.41, 5.74) is 5.10. The van der Waals surface area contributed by atoms with E-state index in [-0.39, 0.29) is 18.2 Å². The first kappa shape index (κ1) is 15.5. The second-order valence-electron chi connectivity index (χ2n) is 4.19. The van der Waals surface area contributed by atoms with Gasteiger partial charge in [0.1, 0.15) is 5.75 Å². The standard InChI is InChI=1S/C14H15N3O5/c1-20-9-3-4-10-8(5-9)7-16-13(12(10)21-2)22-14(19)17-11(18)6-15/h3-5,7H,6,15H2,1-2H3,(H,17,18,19). The third-order valence-corrected chi connectivity index (χ3v) is 2.84. The van der Waals surface area contributed by atoms with E-state index < -0.39 is 12.0 Å². The number of hydrogen-bond donors (Lipinski definition) is 2. The lowest BCUT2D eigenvalue weighted by molar-refractivity contribution is -0.118. The molecule has 1 heterocycles. The monoisotopic (exact) mass is 305 g/mol. The van der Waals surface area contributed by atoms with Gasteiger partial charge >= 0.3 is 6.09 Å². The van der Waals surface area contributed by atoms with Crippen LogP contribution in [0.5, 0.6) is 17.4 Å². The summed E-state index contributed by atoms with van der Waals surface area (Å²) in [5, 5.41) is 3.39. The van der Waals surface area contributed by atoms with Crippen LogP contribution >= 0.6 is 0 Å². The van der Waals surface area contributed by atoms with Crippen molar-refractivity contribution in [3.63, 3.8) is 0 Å². The number of hydrogen-bond acceptors (Lipinski definition) is 7. The van der Waals surface area contributed by atoms with Crippen LogP contribution in [0.4, 0.5) is 4.79 Å². The van der Waals surface area contributed by atoms with Crippen LogP contribution in [0, 0.1) is 0 Å². The molecule has 22 heavy (non-hydrogen) atoms. The van der Waals surface area contributed by atoms with Crippen molar-refractivity contribution in [3.8, 4) is 17.4 Å². The predicted octanol–water partition coefficient (Wildman–Crippen LogP) is 0.826. The summed E-state index contributed by atoms with van der Waals surface area (Å²) in [6, 6.07) is 5.27. The summed E-state index contributed by atoms with van der Waals surface area (Å²) in [6.07, 6.45) is 0.530. The number of fused-ring (bicyclic) bond motifs is 1. The number of nitrogens with two attached hydrogens (primary N) is 1. The van der Waals surface area contributed by atoms with Crippen molar-refractivity contribution in [1.82, 2.24) is 10.3 Å². The highest BCUT2D eigenvalue weighted by atomic mass is 16.6. The third kappa shape index (κ3) is 3.23. The van der Waals surface area contributed by atoms with Crippen LogP contribution in [0.2, 0.25) is 0 Å². The molecule has 2 aromatic rings. The first-order chi connectivity index (χ1) is 10.6. The molecular formula is C14H15N3O5. The van der Waals surface area contributed by atoms with E-state index in [1.165, 1.54) is 13.3 Å². The van der Waals surface area contributed by atoms with Gasteiger partial charge in [0.05, 0.1) is 20.8 Å². The fourth-order valence-electron chi connectivity index (χ4n) is 1.83. The van der Waals surface area contributed by atoms with Gasteiger partial charge in [-0.3, -0.25) is 10.1 Å². The van der Waals surface area contributed by atoms with Crippen LogP contribution in [0.3, 0.4) is 0 Å². The van der Waals surface area contributed by atoms with Crippen molar-refractivity contribution in [2.45, 2.75) is 0 Å². The Hall–Kier alpha value is -2.87. The van der Waals surface area contributed by atoms with Gasteiger partial charge in [-0.05, 0) is 18.2 Å². The Morgan fingerprint density at radius 2 is 2.05 bits per heavy atom. The molecule has 0 aliphatic rings. The van der Waals surface area contributed by atoms with Crippen LogP contribution in [0.1, 0.15) is 0 Å². The Morgan fingerprint density at radius 3 is 2.68 bits per heavy atom. The van der Waals surface area contributed by atoms with E-state index in [9.17, 15) is 9.59 Å². The molecule has 0 saturated carbocycles. The minimum atomic E-state index is -0.978. The lowest BCUT2D eigenvalue weighted by atomic mass is 10.1. The predicted molar refractivity (Wildman–Crippen MR) is 78.1 cm³/mol. The second kappa shape index (κ2) is 6.72. The van der Waals surface area contributed by atoms with E-state index in [1.54, 1.807) is 25.3 Å². The molecule has 3 N–H and O–H groups in total. The van der Waals surface area contributed by atoms with Gasteiger partial charge in [-0.2, -0.15) is 0 Å². The zero-order chi connectivity index (χ0) is 16.1. The summed E-state index contributed by atoms with van der Waals surface area (Å²) < 4.78 is 15.4. The number of ether oxygens (including phenoxy) is 3. The number of nitrogens with zero attached hydrogens (tertiary/aromatic N) is 1. The molecule has 0 fully saturated rings. The smallest absolute Gasteiger partial charge is 0.420 e. The summed E-state index contributed by atoms with van der Waals surface area (Å²) in [4.78, 5) is 26.6. The van der Waals surface area contributed by atoms with Crippen LogP contribution in [-0.4, -0.2) is 37.7 Å². The minimum absolute atomic E-state index is 0.0533. The molecular weight excluding hydrogens is 290 g/mol. The van der Waals surface area contributed by atoms with Crippen LogP contribution in [0.15, 0.2) is 24.4 Å². The molecule has 0 spiro atoms. The number of amides is 2. The van der Waals surface area contributed by atoms with Crippen molar-refractivity contribution in [1.29, 1.82) is 0 Å². The molecule has 0 bridgehead atoms. The second-order valence-corrected chi connectivity index (χ2v) is 4.19. The lowest BCUT2D eigenvalue weighted by Gasteiger charge is -2.11. The SMILES string of the molecule is COc1ccc2c(OC)c(OC(=O)NC(=O)CN)ncc2c1. The number of rotatable bonds is 4. The van der Waals surface area contributed by atoms with E-state index in [4.69, 9.17) is 19.9 Å². The molecule has 8 heteroatoms. The lowest BCUT2D eigenvalue weighted by Crippen LogP contribution is -2.37. The summed E-state index contributed by atoms with van der Waals surface area (Å²) in [5.74, 6) is 0.226. The molecule has 2 rings (SSSR count). The molecule has 0 aliphatic carbocycles. The van der Waals surface area contributed by atoms with Gasteiger partial charge in [0.25, 0.3) is 5.88 Å². The highest BCUT2D eigenvalue weighted by Gasteiger charge is 2.16. The molecule has 0 saturated heterocycles. The van der Waals surface area contributed by atoms with Crippen LogP contribution < -0.4 is 25.3 Å². The van der Waals surface area contributed by atoms with Gasteiger partial charge in [-0.25, -0.2) is 9.78 Å². The van der Waals surface area contributed by atoms with E-state index in [0.29, 0.717) is 11.1 Å². The molecule has 0 atom stereocenters. The Morgan fingerprint density at radius 1 is 1.27 bits per heavy atom. The Kier molecular flexibility index (Phi) is 4.74. The average molecular weight is 305 g/mol. The maximum absolute atomic E-state index is 11.6. The average Bonchev–Trinajstić information content (AvgIpc) is 2.53. The van der Waals surface area contributed by atoms with Crippen molar-refractivity contribution in [3.05, 3.63) is 24.4 Å². The molecule has 116 valence electrons. The Labute approximate surface area is 126 Å². The van der Waals surface area contributed by atoms with Gasteiger partial charge in [-0.15, -0.1) is 0 Å².